The van der Waals surface area contributed by atoms with Gasteiger partial charge in [0.2, 0.25) is 0 Å². The van der Waals surface area contributed by atoms with E-state index >= 15 is 0 Å². The van der Waals surface area contributed by atoms with Gasteiger partial charge in [0.05, 0.1) is 23.2 Å². The molecule has 0 fully saturated rings. The second kappa shape index (κ2) is 11.1. The van der Waals surface area contributed by atoms with Crippen molar-refractivity contribution in [1.29, 1.82) is 5.26 Å². The number of nitrogens with two attached hydrogens (primary N) is 1. The summed E-state index contributed by atoms with van der Waals surface area (Å²) < 4.78 is 9.33. The molecule has 4 aromatic rings. The van der Waals surface area contributed by atoms with Crippen LogP contribution >= 0.6 is 23.3 Å². The molecule has 0 aliphatic rings. The zero-order chi connectivity index (χ0) is 23.8. The summed E-state index contributed by atoms with van der Waals surface area (Å²) in [5.74, 6) is 0.889. The molecule has 0 aliphatic heterocycles. The van der Waals surface area contributed by atoms with Crippen LogP contribution in [0.3, 0.4) is 0 Å². The molecule has 7 nitrogen and oxygen atoms in total. The quantitative estimate of drug-likeness (QED) is 0.237. The van der Waals surface area contributed by atoms with Gasteiger partial charge in [-0.3, -0.25) is 9.98 Å². The maximum absolute atomic E-state index is 9.74. The first-order valence-electron chi connectivity index (χ1n) is 10.2. The second-order valence-corrected chi connectivity index (χ2v) is 8.59. The fraction of sp³-hybridized carbons (Fsp3) is 0.0400. The van der Waals surface area contributed by atoms with Crippen LogP contribution in [-0.2, 0) is 0 Å². The van der Waals surface area contributed by atoms with Crippen molar-refractivity contribution < 1.29 is 4.74 Å². The minimum Gasteiger partial charge on any atom is -0.454 e. The van der Waals surface area contributed by atoms with E-state index in [1.807, 2.05) is 47.8 Å². The van der Waals surface area contributed by atoms with Crippen LogP contribution in [0.2, 0.25) is 0 Å². The molecule has 2 aromatic carbocycles. The highest BCUT2D eigenvalue weighted by molar-refractivity contribution is 8.00. The number of nitrogens with zero attached hydrogens (tertiary/aromatic N) is 4. The van der Waals surface area contributed by atoms with Gasteiger partial charge in [-0.15, -0.1) is 11.3 Å². The zero-order valence-electron chi connectivity index (χ0n) is 18.2. The molecule has 0 bridgehead atoms. The number of hydrogen-bond donors (Lipinski definition) is 2. The lowest BCUT2D eigenvalue weighted by Gasteiger charge is -2.14. The third-order valence-corrected chi connectivity index (χ3v) is 6.29. The number of aromatic nitrogens is 2. The fourth-order valence-electron chi connectivity index (χ4n) is 3.11. The average molecular weight is 485 g/mol. The Bertz CT molecular complexity index is 1360. The smallest absolute Gasteiger partial charge is 0.192 e. The maximum Gasteiger partial charge on any atom is 0.192 e. The number of thiazole rings is 1. The van der Waals surface area contributed by atoms with Gasteiger partial charge in [0.1, 0.15) is 11.8 Å². The lowest BCUT2D eigenvalue weighted by atomic mass is 10.1. The molecule has 0 saturated carbocycles. The van der Waals surface area contributed by atoms with Crippen LogP contribution in [0.4, 0.5) is 5.13 Å². The van der Waals surface area contributed by atoms with Crippen LogP contribution in [-0.4, -0.2) is 22.7 Å². The van der Waals surface area contributed by atoms with Gasteiger partial charge in [-0.2, -0.15) is 5.26 Å². The van der Waals surface area contributed by atoms with Crippen molar-refractivity contribution in [3.05, 3.63) is 95.8 Å². The van der Waals surface area contributed by atoms with Gasteiger partial charge < -0.3 is 15.2 Å². The SMILES string of the molecule is CN=C(C=CN)c1cc(-c2ccccc2)ncc1Oc1ccc(SNc2nccs2)cc1C#N. The molecule has 34 heavy (non-hydrogen) atoms. The molecule has 2 heterocycles. The number of allylic oxidation sites excluding steroid dienone is 1. The minimum atomic E-state index is 0.397. The van der Waals surface area contributed by atoms with Gasteiger partial charge in [-0.25, -0.2) is 4.98 Å². The van der Waals surface area contributed by atoms with E-state index in [1.165, 1.54) is 29.5 Å². The number of hydrogen-bond acceptors (Lipinski definition) is 9. The highest BCUT2D eigenvalue weighted by Gasteiger charge is 2.15. The summed E-state index contributed by atoms with van der Waals surface area (Å²) in [6, 6.07) is 19.4. The number of rotatable bonds is 8. The van der Waals surface area contributed by atoms with E-state index in [9.17, 15) is 5.26 Å². The van der Waals surface area contributed by atoms with Gasteiger partial charge >= 0.3 is 0 Å². The number of pyridine rings is 1. The molecular formula is C25H20N6OS2. The van der Waals surface area contributed by atoms with E-state index in [1.54, 1.807) is 37.7 Å². The summed E-state index contributed by atoms with van der Waals surface area (Å²) in [5, 5.41) is 12.4. The summed E-state index contributed by atoms with van der Waals surface area (Å²) in [4.78, 5) is 14.0. The largest absolute Gasteiger partial charge is 0.454 e. The third kappa shape index (κ3) is 5.43. The van der Waals surface area contributed by atoms with Gasteiger partial charge in [-0.05, 0) is 48.5 Å². The normalized spacial score (nSPS) is 11.4. The Labute approximate surface area is 205 Å². The molecular weight excluding hydrogens is 464 g/mol. The predicted octanol–water partition coefficient (Wildman–Crippen LogP) is 5.88. The second-order valence-electron chi connectivity index (χ2n) is 6.81. The van der Waals surface area contributed by atoms with Gasteiger partial charge in [0, 0.05) is 34.6 Å². The Morgan fingerprint density at radius 3 is 2.74 bits per heavy atom. The number of aliphatic imine (C=N–C) groups is 1. The first-order valence-corrected chi connectivity index (χ1v) is 11.9. The molecule has 9 heteroatoms. The number of benzene rings is 2. The van der Waals surface area contributed by atoms with Crippen LogP contribution in [0.5, 0.6) is 11.5 Å². The van der Waals surface area contributed by atoms with E-state index in [0.717, 1.165) is 21.3 Å². The monoisotopic (exact) mass is 484 g/mol. The number of anilines is 1. The first kappa shape index (κ1) is 23.0. The van der Waals surface area contributed by atoms with Gasteiger partial charge in [0.15, 0.2) is 10.9 Å². The highest BCUT2D eigenvalue weighted by Crippen LogP contribution is 2.33. The third-order valence-electron chi connectivity index (χ3n) is 4.69. The molecule has 3 N–H and O–H groups in total. The Kier molecular flexibility index (Phi) is 7.55. The van der Waals surface area contributed by atoms with Crippen molar-refractivity contribution in [1.82, 2.24) is 9.97 Å². The lowest BCUT2D eigenvalue weighted by molar-refractivity contribution is 0.477. The van der Waals surface area contributed by atoms with E-state index in [2.05, 4.69) is 25.8 Å². The lowest BCUT2D eigenvalue weighted by Crippen LogP contribution is -2.04. The molecule has 0 unspecified atom stereocenters. The van der Waals surface area contributed by atoms with E-state index in [0.29, 0.717) is 28.3 Å². The molecule has 4 rings (SSSR count). The van der Waals surface area contributed by atoms with E-state index < -0.39 is 0 Å². The van der Waals surface area contributed by atoms with Crippen LogP contribution < -0.4 is 15.2 Å². The van der Waals surface area contributed by atoms with Crippen molar-refractivity contribution in [2.75, 3.05) is 11.8 Å². The Morgan fingerprint density at radius 1 is 1.18 bits per heavy atom. The molecule has 0 aliphatic carbocycles. The van der Waals surface area contributed by atoms with E-state index in [-0.39, 0.29) is 0 Å². The van der Waals surface area contributed by atoms with Crippen molar-refractivity contribution >= 4 is 34.1 Å². The number of nitriles is 1. The maximum atomic E-state index is 9.74. The molecule has 0 radical (unpaired) electrons. The summed E-state index contributed by atoms with van der Waals surface area (Å²) in [6.07, 6.45) is 6.50. The molecule has 0 atom stereocenters. The average Bonchev–Trinajstić information content (AvgIpc) is 3.41. The fourth-order valence-corrected chi connectivity index (χ4v) is 4.37. The van der Waals surface area contributed by atoms with Gasteiger partial charge in [0.25, 0.3) is 0 Å². The summed E-state index contributed by atoms with van der Waals surface area (Å²) in [7, 11) is 1.68. The van der Waals surface area contributed by atoms with E-state index in [4.69, 9.17) is 10.5 Å². The summed E-state index contributed by atoms with van der Waals surface area (Å²) >= 11 is 2.88. The topological polar surface area (TPSA) is 109 Å². The van der Waals surface area contributed by atoms with Crippen LogP contribution in [0, 0.1) is 11.3 Å². The minimum absolute atomic E-state index is 0.397. The Hall–Kier alpha value is -4.13. The number of nitrogens with one attached hydrogen (secondary N) is 1. The van der Waals surface area contributed by atoms with Crippen LogP contribution in [0.15, 0.2) is 94.5 Å². The van der Waals surface area contributed by atoms with Crippen molar-refractivity contribution in [3.63, 3.8) is 0 Å². The Balaban J connectivity index is 1.66. The highest BCUT2D eigenvalue weighted by atomic mass is 32.2. The molecule has 0 saturated heterocycles. The zero-order valence-corrected chi connectivity index (χ0v) is 19.8. The number of ether oxygens (including phenoxy) is 1. The first-order chi connectivity index (χ1) is 16.7. The molecule has 168 valence electrons. The summed E-state index contributed by atoms with van der Waals surface area (Å²) in [5.41, 5.74) is 9.13. The van der Waals surface area contributed by atoms with Crippen molar-refractivity contribution in [2.45, 2.75) is 4.90 Å². The predicted molar refractivity (Wildman–Crippen MR) is 138 cm³/mol. The standard InChI is InChI=1S/C25H20N6OS2/c1-28-21(9-10-26)20-14-22(17-5-3-2-4-6-17)30-16-24(20)32-23-8-7-19(13-18(23)15-27)34-31-25-29-11-12-33-25/h2-14,16H,26H2,1H3,(H,29,31). The summed E-state index contributed by atoms with van der Waals surface area (Å²) in [6.45, 7) is 0. The Morgan fingerprint density at radius 2 is 2.03 bits per heavy atom. The van der Waals surface area contributed by atoms with Crippen molar-refractivity contribution in [2.24, 2.45) is 10.7 Å². The van der Waals surface area contributed by atoms with Crippen molar-refractivity contribution in [3.8, 4) is 28.8 Å². The molecule has 0 spiro atoms. The van der Waals surface area contributed by atoms with Crippen LogP contribution in [0.25, 0.3) is 11.3 Å². The van der Waals surface area contributed by atoms with Gasteiger partial charge in [-0.1, -0.05) is 30.3 Å². The molecule has 0 amide bonds. The van der Waals surface area contributed by atoms with Crippen LogP contribution in [0.1, 0.15) is 11.1 Å². The molecule has 2 aromatic heterocycles.